The van der Waals surface area contributed by atoms with Crippen LogP contribution in [0.15, 0.2) is 24.3 Å². The van der Waals surface area contributed by atoms with E-state index in [0.29, 0.717) is 12.0 Å². The Hall–Kier alpha value is -1.37. The van der Waals surface area contributed by atoms with Crippen LogP contribution in [-0.4, -0.2) is 20.5 Å². The van der Waals surface area contributed by atoms with Gasteiger partial charge in [0.2, 0.25) is 0 Å². The molecule has 0 bridgehead atoms. The molecule has 1 aromatic rings. The normalized spacial score (nSPS) is 10.1. The summed E-state index contributed by atoms with van der Waals surface area (Å²) in [5.74, 6) is 0. The summed E-state index contributed by atoms with van der Waals surface area (Å²) in [4.78, 5) is 0. The quantitative estimate of drug-likeness (QED) is 0.680. The third-order valence-corrected chi connectivity index (χ3v) is 2.01. The van der Waals surface area contributed by atoms with Gasteiger partial charge in [0, 0.05) is 20.6 Å². The van der Waals surface area contributed by atoms with E-state index in [0.717, 1.165) is 5.56 Å². The van der Waals surface area contributed by atoms with Gasteiger partial charge in [-0.3, -0.25) is 0 Å². The molecule has 0 radical (unpaired) electrons. The van der Waals surface area contributed by atoms with Crippen molar-refractivity contribution in [1.82, 2.24) is 0 Å². The van der Waals surface area contributed by atoms with Crippen LogP contribution in [0, 0.1) is 11.3 Å². The second kappa shape index (κ2) is 5.38. The summed E-state index contributed by atoms with van der Waals surface area (Å²) in [7, 11) is 3.22. The van der Waals surface area contributed by atoms with Gasteiger partial charge in [-0.25, -0.2) is 0 Å². The highest BCUT2D eigenvalue weighted by Gasteiger charge is 2.05. The van der Waals surface area contributed by atoms with Gasteiger partial charge in [-0.15, -0.1) is 0 Å². The molecule has 3 heteroatoms. The zero-order valence-electron chi connectivity index (χ0n) is 8.36. The number of hydrogen-bond acceptors (Lipinski definition) is 3. The summed E-state index contributed by atoms with van der Waals surface area (Å²) in [5.41, 5.74) is 1.76. The SMILES string of the molecule is COC(Cc1ccc(C#N)cc1)OC. The van der Waals surface area contributed by atoms with Gasteiger partial charge < -0.3 is 9.47 Å². The zero-order valence-corrected chi connectivity index (χ0v) is 8.36. The van der Waals surface area contributed by atoms with Gasteiger partial charge in [0.15, 0.2) is 6.29 Å². The van der Waals surface area contributed by atoms with Crippen LogP contribution in [0.5, 0.6) is 0 Å². The first-order valence-electron chi connectivity index (χ1n) is 4.34. The molecule has 1 rings (SSSR count). The van der Waals surface area contributed by atoms with E-state index in [1.165, 1.54) is 0 Å². The first kappa shape index (κ1) is 10.7. The van der Waals surface area contributed by atoms with E-state index < -0.39 is 0 Å². The van der Waals surface area contributed by atoms with E-state index in [9.17, 15) is 0 Å². The molecule has 3 nitrogen and oxygen atoms in total. The van der Waals surface area contributed by atoms with Crippen LogP contribution in [0.4, 0.5) is 0 Å². The summed E-state index contributed by atoms with van der Waals surface area (Å²) < 4.78 is 10.1. The molecule has 1 aromatic carbocycles. The first-order valence-corrected chi connectivity index (χ1v) is 4.34. The summed E-state index contributed by atoms with van der Waals surface area (Å²) in [5, 5.41) is 8.60. The molecule has 0 aliphatic rings. The smallest absolute Gasteiger partial charge is 0.160 e. The zero-order chi connectivity index (χ0) is 10.4. The molecule has 0 aromatic heterocycles. The lowest BCUT2D eigenvalue weighted by molar-refractivity contribution is -0.100. The molecule has 74 valence electrons. The molecule has 0 unspecified atom stereocenters. The molecular weight excluding hydrogens is 178 g/mol. The Balaban J connectivity index is 2.64. The highest BCUT2D eigenvalue weighted by Crippen LogP contribution is 2.07. The first-order chi connectivity index (χ1) is 6.80. The van der Waals surface area contributed by atoms with Crippen molar-refractivity contribution in [2.75, 3.05) is 14.2 Å². The number of rotatable bonds is 4. The van der Waals surface area contributed by atoms with Crippen LogP contribution in [0.25, 0.3) is 0 Å². The maximum absolute atomic E-state index is 8.60. The van der Waals surface area contributed by atoms with Crippen LogP contribution in [0.1, 0.15) is 11.1 Å². The van der Waals surface area contributed by atoms with Crippen molar-refractivity contribution in [2.45, 2.75) is 12.7 Å². The summed E-state index contributed by atoms with van der Waals surface area (Å²) in [6.45, 7) is 0. The minimum atomic E-state index is -0.220. The van der Waals surface area contributed by atoms with Crippen molar-refractivity contribution in [3.63, 3.8) is 0 Å². The van der Waals surface area contributed by atoms with Crippen LogP contribution in [0.2, 0.25) is 0 Å². The van der Waals surface area contributed by atoms with Crippen molar-refractivity contribution in [1.29, 1.82) is 5.26 Å². The van der Waals surface area contributed by atoms with Crippen molar-refractivity contribution < 1.29 is 9.47 Å². The third kappa shape index (κ3) is 2.84. The Morgan fingerprint density at radius 1 is 1.21 bits per heavy atom. The van der Waals surface area contributed by atoms with E-state index in [2.05, 4.69) is 6.07 Å². The van der Waals surface area contributed by atoms with Crippen LogP contribution in [-0.2, 0) is 15.9 Å². The van der Waals surface area contributed by atoms with Gasteiger partial charge in [0.05, 0.1) is 11.6 Å². The molecule has 0 saturated carbocycles. The summed E-state index contributed by atoms with van der Waals surface area (Å²) in [6.07, 6.45) is 0.474. The van der Waals surface area contributed by atoms with E-state index >= 15 is 0 Å². The standard InChI is InChI=1S/C11H13NO2/c1-13-11(14-2)7-9-3-5-10(8-12)6-4-9/h3-6,11H,7H2,1-2H3. The Bertz CT molecular complexity index is 309. The summed E-state index contributed by atoms with van der Waals surface area (Å²) in [6, 6.07) is 9.46. The average molecular weight is 191 g/mol. The molecule has 0 fully saturated rings. The minimum Gasteiger partial charge on any atom is -0.356 e. The molecule has 0 heterocycles. The van der Waals surface area contributed by atoms with Gasteiger partial charge in [-0.05, 0) is 17.7 Å². The molecular formula is C11H13NO2. The Labute approximate surface area is 83.9 Å². The summed E-state index contributed by atoms with van der Waals surface area (Å²) >= 11 is 0. The predicted octanol–water partition coefficient (Wildman–Crippen LogP) is 1.72. The molecule has 0 aliphatic carbocycles. The third-order valence-electron chi connectivity index (χ3n) is 2.01. The monoisotopic (exact) mass is 191 g/mol. The number of ether oxygens (including phenoxy) is 2. The number of benzene rings is 1. The van der Waals surface area contributed by atoms with Gasteiger partial charge >= 0.3 is 0 Å². The highest BCUT2D eigenvalue weighted by atomic mass is 16.7. The molecule has 0 atom stereocenters. The maximum Gasteiger partial charge on any atom is 0.160 e. The van der Waals surface area contributed by atoms with Gasteiger partial charge in [-0.1, -0.05) is 12.1 Å². The fourth-order valence-electron chi connectivity index (χ4n) is 1.17. The average Bonchev–Trinajstić information content (AvgIpc) is 2.26. The Morgan fingerprint density at radius 2 is 1.79 bits per heavy atom. The fourth-order valence-corrected chi connectivity index (χ4v) is 1.17. The van der Waals surface area contributed by atoms with Gasteiger partial charge in [0.1, 0.15) is 0 Å². The van der Waals surface area contributed by atoms with Crippen LogP contribution < -0.4 is 0 Å². The lowest BCUT2D eigenvalue weighted by Gasteiger charge is -2.12. The van der Waals surface area contributed by atoms with Crippen molar-refractivity contribution in [3.05, 3.63) is 35.4 Å². The van der Waals surface area contributed by atoms with Gasteiger partial charge in [-0.2, -0.15) is 5.26 Å². The van der Waals surface area contributed by atoms with E-state index in [4.69, 9.17) is 14.7 Å². The number of nitrogens with zero attached hydrogens (tertiary/aromatic N) is 1. The fraction of sp³-hybridized carbons (Fsp3) is 0.364. The second-order valence-electron chi connectivity index (χ2n) is 2.91. The number of hydrogen-bond donors (Lipinski definition) is 0. The molecule has 0 aliphatic heterocycles. The van der Waals surface area contributed by atoms with E-state index in [1.54, 1.807) is 26.4 Å². The topological polar surface area (TPSA) is 42.2 Å². The van der Waals surface area contributed by atoms with Crippen LogP contribution >= 0.6 is 0 Å². The van der Waals surface area contributed by atoms with E-state index in [1.807, 2.05) is 12.1 Å². The molecule has 0 N–H and O–H groups in total. The molecule has 14 heavy (non-hydrogen) atoms. The van der Waals surface area contributed by atoms with E-state index in [-0.39, 0.29) is 6.29 Å². The largest absolute Gasteiger partial charge is 0.356 e. The van der Waals surface area contributed by atoms with Crippen molar-refractivity contribution in [3.8, 4) is 6.07 Å². The molecule has 0 spiro atoms. The Morgan fingerprint density at radius 3 is 2.21 bits per heavy atom. The number of nitriles is 1. The molecule has 0 saturated heterocycles. The van der Waals surface area contributed by atoms with Crippen LogP contribution in [0.3, 0.4) is 0 Å². The molecule has 0 amide bonds. The highest BCUT2D eigenvalue weighted by molar-refractivity contribution is 5.31. The number of methoxy groups -OCH3 is 2. The lowest BCUT2D eigenvalue weighted by atomic mass is 10.1. The predicted molar refractivity (Wildman–Crippen MR) is 52.7 cm³/mol. The lowest BCUT2D eigenvalue weighted by Crippen LogP contribution is -2.15. The second-order valence-corrected chi connectivity index (χ2v) is 2.91. The van der Waals surface area contributed by atoms with Crippen molar-refractivity contribution >= 4 is 0 Å². The minimum absolute atomic E-state index is 0.220. The van der Waals surface area contributed by atoms with Crippen molar-refractivity contribution in [2.24, 2.45) is 0 Å². The maximum atomic E-state index is 8.60. The van der Waals surface area contributed by atoms with Gasteiger partial charge in [0.25, 0.3) is 0 Å². The Kier molecular flexibility index (Phi) is 4.11.